The van der Waals surface area contributed by atoms with Crippen molar-refractivity contribution in [1.82, 2.24) is 9.78 Å². The minimum absolute atomic E-state index is 0.122. The van der Waals surface area contributed by atoms with Crippen molar-refractivity contribution in [2.75, 3.05) is 6.61 Å². The van der Waals surface area contributed by atoms with E-state index in [0.717, 1.165) is 18.5 Å². The molecular weight excluding hydrogens is 284 g/mol. The van der Waals surface area contributed by atoms with Crippen LogP contribution in [-0.4, -0.2) is 35.8 Å². The summed E-state index contributed by atoms with van der Waals surface area (Å²) in [4.78, 5) is 11.0. The van der Waals surface area contributed by atoms with Crippen LogP contribution >= 0.6 is 0 Å². The number of aromatic carboxylic acids is 1. The van der Waals surface area contributed by atoms with Gasteiger partial charge in [-0.15, -0.1) is 0 Å². The van der Waals surface area contributed by atoms with Gasteiger partial charge in [-0.05, 0) is 44.0 Å². The van der Waals surface area contributed by atoms with E-state index in [-0.39, 0.29) is 10.7 Å². The molecule has 1 aromatic rings. The molecule has 1 rings (SSSR count). The van der Waals surface area contributed by atoms with Gasteiger partial charge in [0.15, 0.2) is 14.0 Å². The molecule has 1 aromatic heterocycles. The third-order valence-electron chi connectivity index (χ3n) is 4.23. The lowest BCUT2D eigenvalue weighted by Crippen LogP contribution is -2.41. The second-order valence-corrected chi connectivity index (χ2v) is 11.7. The van der Waals surface area contributed by atoms with Crippen molar-refractivity contribution in [2.24, 2.45) is 0 Å². The highest BCUT2D eigenvalue weighted by Crippen LogP contribution is 2.36. The predicted molar refractivity (Wildman–Crippen MR) is 86.3 cm³/mol. The quantitative estimate of drug-likeness (QED) is 0.617. The van der Waals surface area contributed by atoms with Crippen LogP contribution in [0, 0.1) is 0 Å². The Morgan fingerprint density at radius 3 is 2.52 bits per heavy atom. The maximum Gasteiger partial charge on any atom is 0.356 e. The molecule has 0 aromatic carbocycles. The normalized spacial score (nSPS) is 12.7. The Balaban J connectivity index is 2.55. The highest BCUT2D eigenvalue weighted by atomic mass is 28.4. The lowest BCUT2D eigenvalue weighted by atomic mass is 10.2. The minimum Gasteiger partial charge on any atom is -0.476 e. The highest BCUT2D eigenvalue weighted by Gasteiger charge is 2.36. The van der Waals surface area contributed by atoms with Gasteiger partial charge in [-0.25, -0.2) is 4.79 Å². The van der Waals surface area contributed by atoms with Crippen LogP contribution in [0.3, 0.4) is 0 Å². The Morgan fingerprint density at radius 2 is 2.05 bits per heavy atom. The van der Waals surface area contributed by atoms with Gasteiger partial charge in [0, 0.05) is 18.8 Å². The molecule has 0 spiro atoms. The molecule has 21 heavy (non-hydrogen) atoms. The molecule has 1 N–H and O–H groups in total. The molecule has 0 atom stereocenters. The first-order valence-electron chi connectivity index (χ1n) is 7.52. The topological polar surface area (TPSA) is 64.4 Å². The number of carboxylic acid groups (broad SMARTS) is 1. The minimum atomic E-state index is -1.69. The zero-order valence-corrected chi connectivity index (χ0v) is 15.1. The number of carboxylic acids is 1. The number of carbonyl (C=O) groups is 1. The Morgan fingerprint density at radius 1 is 1.43 bits per heavy atom. The molecule has 0 amide bonds. The molecule has 120 valence electrons. The molecule has 0 unspecified atom stereocenters. The van der Waals surface area contributed by atoms with Crippen LogP contribution < -0.4 is 0 Å². The first kappa shape index (κ1) is 17.9. The molecule has 0 bridgehead atoms. The van der Waals surface area contributed by atoms with Crippen molar-refractivity contribution in [1.29, 1.82) is 0 Å². The van der Waals surface area contributed by atoms with E-state index in [1.54, 1.807) is 10.7 Å². The van der Waals surface area contributed by atoms with E-state index in [1.165, 1.54) is 0 Å². The second-order valence-electron chi connectivity index (χ2n) is 6.85. The summed E-state index contributed by atoms with van der Waals surface area (Å²) in [7, 11) is -1.69. The molecule has 0 aliphatic rings. The van der Waals surface area contributed by atoms with Crippen LogP contribution in [0.5, 0.6) is 0 Å². The van der Waals surface area contributed by atoms with Crippen LogP contribution in [0.15, 0.2) is 6.07 Å². The van der Waals surface area contributed by atoms with E-state index in [1.807, 2.05) is 6.92 Å². The van der Waals surface area contributed by atoms with Crippen molar-refractivity contribution in [3.05, 3.63) is 17.5 Å². The first-order valence-corrected chi connectivity index (χ1v) is 10.4. The van der Waals surface area contributed by atoms with Crippen LogP contribution in [-0.2, 0) is 17.4 Å². The standard InChI is InChI=1S/C15H28N2O3Si/c1-7-17-12(11-13(16-17)14(18)19)9-8-10-20-21(5,6)15(2,3)4/h11H,7-10H2,1-6H3,(H,18,19). The molecule has 0 aliphatic heterocycles. The summed E-state index contributed by atoms with van der Waals surface area (Å²) in [5.41, 5.74) is 1.09. The summed E-state index contributed by atoms with van der Waals surface area (Å²) in [5, 5.41) is 13.3. The molecule has 6 heteroatoms. The Bertz CT molecular complexity index is 490. The average molecular weight is 312 g/mol. The maximum absolute atomic E-state index is 11.0. The zero-order valence-electron chi connectivity index (χ0n) is 14.1. The lowest BCUT2D eigenvalue weighted by Gasteiger charge is -2.36. The van der Waals surface area contributed by atoms with E-state index in [0.29, 0.717) is 13.2 Å². The molecular formula is C15H28N2O3Si. The van der Waals surface area contributed by atoms with Gasteiger partial charge < -0.3 is 9.53 Å². The number of rotatable bonds is 7. The summed E-state index contributed by atoms with van der Waals surface area (Å²) >= 11 is 0. The number of aryl methyl sites for hydroxylation is 2. The van der Waals surface area contributed by atoms with E-state index < -0.39 is 14.3 Å². The van der Waals surface area contributed by atoms with E-state index in [4.69, 9.17) is 9.53 Å². The van der Waals surface area contributed by atoms with Crippen LogP contribution in [0.2, 0.25) is 18.1 Å². The largest absolute Gasteiger partial charge is 0.476 e. The molecule has 5 nitrogen and oxygen atoms in total. The predicted octanol–water partition coefficient (Wildman–Crippen LogP) is 3.56. The fourth-order valence-electron chi connectivity index (χ4n) is 1.83. The maximum atomic E-state index is 11.0. The monoisotopic (exact) mass is 312 g/mol. The first-order chi connectivity index (χ1) is 9.58. The van der Waals surface area contributed by atoms with Crippen LogP contribution in [0.25, 0.3) is 0 Å². The molecule has 0 radical (unpaired) electrons. The van der Waals surface area contributed by atoms with Crippen LogP contribution in [0.1, 0.15) is 50.3 Å². The summed E-state index contributed by atoms with van der Waals surface area (Å²) < 4.78 is 7.90. The average Bonchev–Trinajstić information content (AvgIpc) is 2.76. The Labute approximate surface area is 128 Å². The summed E-state index contributed by atoms with van der Waals surface area (Å²) in [6, 6.07) is 1.66. The number of hydrogen-bond acceptors (Lipinski definition) is 3. The number of aromatic nitrogens is 2. The highest BCUT2D eigenvalue weighted by molar-refractivity contribution is 6.74. The van der Waals surface area contributed by atoms with Gasteiger partial charge in [0.25, 0.3) is 0 Å². The van der Waals surface area contributed by atoms with Crippen LogP contribution in [0.4, 0.5) is 0 Å². The number of hydrogen-bond donors (Lipinski definition) is 1. The van der Waals surface area contributed by atoms with Gasteiger partial charge >= 0.3 is 5.97 Å². The third-order valence-corrected chi connectivity index (χ3v) is 8.77. The van der Waals surface area contributed by atoms with Crippen molar-refractivity contribution in [3.8, 4) is 0 Å². The summed E-state index contributed by atoms with van der Waals surface area (Å²) in [6.07, 6.45) is 1.68. The van der Waals surface area contributed by atoms with Crippen molar-refractivity contribution in [3.63, 3.8) is 0 Å². The fraction of sp³-hybridized carbons (Fsp3) is 0.733. The van der Waals surface area contributed by atoms with Gasteiger partial charge in [-0.2, -0.15) is 5.10 Å². The summed E-state index contributed by atoms with van der Waals surface area (Å²) in [5.74, 6) is -0.971. The van der Waals surface area contributed by atoms with E-state index in [2.05, 4.69) is 39.0 Å². The summed E-state index contributed by atoms with van der Waals surface area (Å²) in [6.45, 7) is 14.5. The van der Waals surface area contributed by atoms with Gasteiger partial charge in [0.05, 0.1) is 0 Å². The fourth-order valence-corrected chi connectivity index (χ4v) is 2.92. The smallest absolute Gasteiger partial charge is 0.356 e. The molecule has 0 saturated carbocycles. The molecule has 1 heterocycles. The van der Waals surface area contributed by atoms with Gasteiger partial charge in [0.1, 0.15) is 0 Å². The van der Waals surface area contributed by atoms with Crippen molar-refractivity contribution >= 4 is 14.3 Å². The van der Waals surface area contributed by atoms with Gasteiger partial charge in [0.2, 0.25) is 0 Å². The molecule has 0 saturated heterocycles. The second kappa shape index (κ2) is 6.75. The Hall–Kier alpha value is -1.14. The third kappa shape index (κ3) is 4.67. The van der Waals surface area contributed by atoms with E-state index in [9.17, 15) is 4.79 Å². The zero-order chi connectivity index (χ0) is 16.3. The number of nitrogens with zero attached hydrogens (tertiary/aromatic N) is 2. The Kier molecular flexibility index (Phi) is 5.75. The lowest BCUT2D eigenvalue weighted by molar-refractivity contribution is 0.0689. The van der Waals surface area contributed by atoms with Gasteiger partial charge in [-0.1, -0.05) is 20.8 Å². The van der Waals surface area contributed by atoms with Crippen molar-refractivity contribution in [2.45, 2.75) is 65.2 Å². The van der Waals surface area contributed by atoms with E-state index >= 15 is 0 Å². The SMILES string of the molecule is CCn1nc(C(=O)O)cc1CCCO[Si](C)(C)C(C)(C)C. The molecule has 0 aliphatic carbocycles. The van der Waals surface area contributed by atoms with Crippen molar-refractivity contribution < 1.29 is 14.3 Å². The van der Waals surface area contributed by atoms with Gasteiger partial charge in [-0.3, -0.25) is 4.68 Å². The molecule has 0 fully saturated rings.